The zero-order chi connectivity index (χ0) is 9.68. The first kappa shape index (κ1) is 9.80. The van der Waals surface area contributed by atoms with Gasteiger partial charge in [0.1, 0.15) is 5.15 Å². The minimum Gasteiger partial charge on any atom is -0.453 e. The molecule has 0 aliphatic rings. The van der Waals surface area contributed by atoms with Crippen LogP contribution >= 0.6 is 11.6 Å². The number of aromatic nitrogens is 1. The van der Waals surface area contributed by atoms with Crippen molar-refractivity contribution in [1.82, 2.24) is 10.3 Å². The lowest BCUT2D eigenvalue weighted by Crippen LogP contribution is -2.22. The Morgan fingerprint density at radius 1 is 1.69 bits per heavy atom. The molecule has 5 heteroatoms. The minimum atomic E-state index is -0.463. The van der Waals surface area contributed by atoms with Crippen LogP contribution in [-0.2, 0) is 11.3 Å². The number of hydrogen-bond acceptors (Lipinski definition) is 3. The smallest absolute Gasteiger partial charge is 0.407 e. The zero-order valence-electron chi connectivity index (χ0n) is 7.08. The summed E-state index contributed by atoms with van der Waals surface area (Å²) in [6, 6.07) is 3.45. The molecule has 0 saturated heterocycles. The van der Waals surface area contributed by atoms with E-state index >= 15 is 0 Å². The molecule has 1 aromatic rings. The second-order valence-electron chi connectivity index (χ2n) is 2.33. The van der Waals surface area contributed by atoms with Gasteiger partial charge < -0.3 is 10.1 Å². The number of pyridine rings is 1. The molecule has 1 rings (SSSR count). The van der Waals surface area contributed by atoms with Crippen molar-refractivity contribution in [3.05, 3.63) is 29.0 Å². The highest BCUT2D eigenvalue weighted by atomic mass is 35.5. The molecule has 0 aliphatic heterocycles. The third-order valence-corrected chi connectivity index (χ3v) is 1.63. The fourth-order valence-corrected chi connectivity index (χ4v) is 0.869. The quantitative estimate of drug-likeness (QED) is 0.738. The molecule has 0 spiro atoms. The van der Waals surface area contributed by atoms with Crippen LogP contribution in [0, 0.1) is 0 Å². The summed E-state index contributed by atoms with van der Waals surface area (Å²) in [5.41, 5.74) is 0.870. The molecule has 70 valence electrons. The molecular formula is C8H9ClN2O2. The van der Waals surface area contributed by atoms with E-state index in [1.165, 1.54) is 7.11 Å². The number of hydrogen-bond donors (Lipinski definition) is 1. The van der Waals surface area contributed by atoms with Gasteiger partial charge >= 0.3 is 6.09 Å². The summed E-state index contributed by atoms with van der Waals surface area (Å²) in [6.45, 7) is 0.386. The largest absolute Gasteiger partial charge is 0.453 e. The van der Waals surface area contributed by atoms with Crippen LogP contribution in [0.5, 0.6) is 0 Å². The molecule has 0 atom stereocenters. The standard InChI is InChI=1S/C8H9ClN2O2/c1-13-8(12)11-5-6-2-3-7(9)10-4-6/h2-4H,5H2,1H3,(H,11,12). The van der Waals surface area contributed by atoms with E-state index in [2.05, 4.69) is 15.0 Å². The highest BCUT2D eigenvalue weighted by Gasteiger charge is 1.98. The molecule has 0 unspecified atom stereocenters. The Morgan fingerprint density at radius 3 is 3.00 bits per heavy atom. The summed E-state index contributed by atoms with van der Waals surface area (Å²) in [6.07, 6.45) is 1.13. The highest BCUT2D eigenvalue weighted by molar-refractivity contribution is 6.29. The number of carbonyl (C=O) groups excluding carboxylic acids is 1. The topological polar surface area (TPSA) is 51.2 Å². The van der Waals surface area contributed by atoms with Crippen molar-refractivity contribution >= 4 is 17.7 Å². The van der Waals surface area contributed by atoms with Gasteiger partial charge in [-0.15, -0.1) is 0 Å². The van der Waals surface area contributed by atoms with Crippen LogP contribution in [-0.4, -0.2) is 18.2 Å². The molecule has 4 nitrogen and oxygen atoms in total. The van der Waals surface area contributed by atoms with Crippen molar-refractivity contribution in [2.75, 3.05) is 7.11 Å². The number of halogens is 1. The third kappa shape index (κ3) is 3.29. The van der Waals surface area contributed by atoms with Gasteiger partial charge in [0.25, 0.3) is 0 Å². The Labute approximate surface area is 80.9 Å². The zero-order valence-corrected chi connectivity index (χ0v) is 7.84. The van der Waals surface area contributed by atoms with Crippen LogP contribution in [0.3, 0.4) is 0 Å². The number of nitrogens with one attached hydrogen (secondary N) is 1. The van der Waals surface area contributed by atoms with E-state index < -0.39 is 6.09 Å². The highest BCUT2D eigenvalue weighted by Crippen LogP contribution is 2.04. The predicted octanol–water partition coefficient (Wildman–Crippen LogP) is 1.59. The van der Waals surface area contributed by atoms with Crippen LogP contribution in [0.25, 0.3) is 0 Å². The Kier molecular flexibility index (Phi) is 3.52. The molecule has 0 aromatic carbocycles. The molecule has 1 N–H and O–H groups in total. The molecule has 0 saturated carbocycles. The van der Waals surface area contributed by atoms with Crippen LogP contribution in [0.4, 0.5) is 4.79 Å². The van der Waals surface area contributed by atoms with Crippen molar-refractivity contribution in [3.63, 3.8) is 0 Å². The van der Waals surface area contributed by atoms with Gasteiger partial charge in [0.05, 0.1) is 7.11 Å². The molecule has 1 aromatic heterocycles. The molecule has 1 amide bonds. The van der Waals surface area contributed by atoms with Crippen molar-refractivity contribution in [2.24, 2.45) is 0 Å². The summed E-state index contributed by atoms with van der Waals surface area (Å²) >= 11 is 5.58. The van der Waals surface area contributed by atoms with Gasteiger partial charge in [0.15, 0.2) is 0 Å². The molecule has 0 fully saturated rings. The average molecular weight is 201 g/mol. The molecule has 0 aliphatic carbocycles. The van der Waals surface area contributed by atoms with Crippen LogP contribution < -0.4 is 5.32 Å². The van der Waals surface area contributed by atoms with Crippen LogP contribution in [0.2, 0.25) is 5.15 Å². The van der Waals surface area contributed by atoms with E-state index in [1.54, 1.807) is 18.3 Å². The second kappa shape index (κ2) is 4.67. The normalized spacial score (nSPS) is 9.38. The van der Waals surface area contributed by atoms with Gasteiger partial charge in [-0.2, -0.15) is 0 Å². The number of alkyl carbamates (subject to hydrolysis) is 1. The van der Waals surface area contributed by atoms with Crippen molar-refractivity contribution in [2.45, 2.75) is 6.54 Å². The average Bonchev–Trinajstić information content (AvgIpc) is 2.16. The summed E-state index contributed by atoms with van der Waals surface area (Å²) < 4.78 is 4.40. The van der Waals surface area contributed by atoms with Gasteiger partial charge in [-0.3, -0.25) is 0 Å². The van der Waals surface area contributed by atoms with Crippen molar-refractivity contribution in [1.29, 1.82) is 0 Å². The van der Waals surface area contributed by atoms with E-state index in [4.69, 9.17) is 11.6 Å². The maximum Gasteiger partial charge on any atom is 0.407 e. The number of carbonyl (C=O) groups is 1. The first-order chi connectivity index (χ1) is 6.22. The second-order valence-corrected chi connectivity index (χ2v) is 2.72. The van der Waals surface area contributed by atoms with Crippen LogP contribution in [0.1, 0.15) is 5.56 Å². The van der Waals surface area contributed by atoms with Crippen molar-refractivity contribution < 1.29 is 9.53 Å². The molecule has 1 heterocycles. The van der Waals surface area contributed by atoms with Crippen LogP contribution in [0.15, 0.2) is 18.3 Å². The Morgan fingerprint density at radius 2 is 2.46 bits per heavy atom. The summed E-state index contributed by atoms with van der Waals surface area (Å²) in [5, 5.41) is 2.96. The number of nitrogens with zero attached hydrogens (tertiary/aromatic N) is 1. The number of amides is 1. The SMILES string of the molecule is COC(=O)NCc1ccc(Cl)nc1. The Balaban J connectivity index is 2.46. The number of methoxy groups -OCH3 is 1. The molecule has 0 radical (unpaired) electrons. The third-order valence-electron chi connectivity index (χ3n) is 1.41. The predicted molar refractivity (Wildman–Crippen MR) is 48.5 cm³/mol. The lowest BCUT2D eigenvalue weighted by atomic mass is 10.3. The minimum absolute atomic E-state index is 0.386. The summed E-state index contributed by atoms with van der Waals surface area (Å²) in [4.78, 5) is 14.5. The van der Waals surface area contributed by atoms with E-state index in [0.29, 0.717) is 11.7 Å². The maximum atomic E-state index is 10.7. The first-order valence-electron chi connectivity index (χ1n) is 3.64. The first-order valence-corrected chi connectivity index (χ1v) is 4.02. The lowest BCUT2D eigenvalue weighted by Gasteiger charge is -2.02. The lowest BCUT2D eigenvalue weighted by molar-refractivity contribution is 0.170. The van der Waals surface area contributed by atoms with Gasteiger partial charge in [-0.25, -0.2) is 9.78 Å². The number of rotatable bonds is 2. The maximum absolute atomic E-state index is 10.7. The monoisotopic (exact) mass is 200 g/mol. The Bertz CT molecular complexity index is 287. The van der Waals surface area contributed by atoms with Crippen molar-refractivity contribution in [3.8, 4) is 0 Å². The van der Waals surface area contributed by atoms with Gasteiger partial charge in [0, 0.05) is 12.7 Å². The van der Waals surface area contributed by atoms with Gasteiger partial charge in [-0.05, 0) is 11.6 Å². The summed E-state index contributed by atoms with van der Waals surface area (Å²) in [5.74, 6) is 0. The van der Waals surface area contributed by atoms with E-state index in [0.717, 1.165) is 5.56 Å². The number of ether oxygens (including phenoxy) is 1. The van der Waals surface area contributed by atoms with E-state index in [-0.39, 0.29) is 0 Å². The van der Waals surface area contributed by atoms with Gasteiger partial charge in [0.2, 0.25) is 0 Å². The molecule has 0 bridgehead atoms. The van der Waals surface area contributed by atoms with Gasteiger partial charge in [-0.1, -0.05) is 17.7 Å². The fourth-order valence-electron chi connectivity index (χ4n) is 0.757. The molecule has 13 heavy (non-hydrogen) atoms. The fraction of sp³-hybridized carbons (Fsp3) is 0.250. The molecular weight excluding hydrogens is 192 g/mol. The van der Waals surface area contributed by atoms with E-state index in [9.17, 15) is 4.79 Å². The van der Waals surface area contributed by atoms with E-state index in [1.807, 2.05) is 0 Å². The Hall–Kier alpha value is -1.29. The summed E-state index contributed by atoms with van der Waals surface area (Å²) in [7, 11) is 1.31.